The van der Waals surface area contributed by atoms with Crippen LogP contribution in [-0.4, -0.2) is 29.0 Å². The van der Waals surface area contributed by atoms with Gasteiger partial charge >= 0.3 is 23.9 Å². The maximum Gasteiger partial charge on any atom is 0.423 e. The largest absolute Gasteiger partial charge is 0.423 e. The van der Waals surface area contributed by atoms with Crippen molar-refractivity contribution in [1.29, 1.82) is 0 Å². The minimum atomic E-state index is -6.54. The summed E-state index contributed by atoms with van der Waals surface area (Å²) < 4.78 is 98.3. The fraction of sp³-hybridized carbons (Fsp3) is 1.00. The Hall–Kier alpha value is -0.600. The average Bonchev–Trinajstić information content (AvgIpc) is 2.01. The van der Waals surface area contributed by atoms with Crippen LogP contribution in [0.25, 0.3) is 0 Å². The standard InChI is InChI=1S/C7H8F8O/c1-2-3-4(8,9)5(10,11)6(12,13)7(14,15)16/h16H,2-3H2,1H3. The molecule has 0 heterocycles. The Morgan fingerprint density at radius 2 is 1.19 bits per heavy atom. The molecule has 0 aliphatic carbocycles. The molecule has 0 aliphatic rings. The molecule has 0 bridgehead atoms. The lowest BCUT2D eigenvalue weighted by molar-refractivity contribution is -0.417. The fourth-order valence-electron chi connectivity index (χ4n) is 0.890. The first-order chi connectivity index (χ1) is 6.81. The predicted molar refractivity (Wildman–Crippen MR) is 36.9 cm³/mol. The molecule has 0 atom stereocenters. The van der Waals surface area contributed by atoms with Gasteiger partial charge in [0.1, 0.15) is 0 Å². The summed E-state index contributed by atoms with van der Waals surface area (Å²) in [6, 6.07) is 0. The molecule has 0 fully saturated rings. The van der Waals surface area contributed by atoms with Gasteiger partial charge in [0, 0.05) is 6.42 Å². The van der Waals surface area contributed by atoms with Crippen molar-refractivity contribution >= 4 is 0 Å². The second-order valence-electron chi connectivity index (χ2n) is 3.14. The molecule has 0 aromatic rings. The molecule has 0 saturated carbocycles. The molecule has 16 heavy (non-hydrogen) atoms. The van der Waals surface area contributed by atoms with E-state index in [0.717, 1.165) is 6.92 Å². The summed E-state index contributed by atoms with van der Waals surface area (Å²) >= 11 is 0. The van der Waals surface area contributed by atoms with Gasteiger partial charge in [0.25, 0.3) is 0 Å². The molecule has 0 aromatic carbocycles. The van der Waals surface area contributed by atoms with Crippen molar-refractivity contribution in [3.63, 3.8) is 0 Å². The number of hydrogen-bond donors (Lipinski definition) is 1. The molecule has 0 aliphatic heterocycles. The van der Waals surface area contributed by atoms with Crippen LogP contribution in [0, 0.1) is 0 Å². The van der Waals surface area contributed by atoms with E-state index in [2.05, 4.69) is 0 Å². The molecule has 0 aromatic heterocycles. The summed E-state index contributed by atoms with van der Waals surface area (Å²) in [5, 5.41) is 7.52. The van der Waals surface area contributed by atoms with Crippen molar-refractivity contribution in [2.24, 2.45) is 0 Å². The molecule has 9 heteroatoms. The first-order valence-electron chi connectivity index (χ1n) is 4.05. The van der Waals surface area contributed by atoms with Gasteiger partial charge in [0.2, 0.25) is 0 Å². The zero-order valence-electron chi connectivity index (χ0n) is 7.89. The van der Waals surface area contributed by atoms with E-state index < -0.39 is 36.7 Å². The monoisotopic (exact) mass is 260 g/mol. The summed E-state index contributed by atoms with van der Waals surface area (Å²) in [6.45, 7) is 0.985. The minimum absolute atomic E-state index is 0.615. The summed E-state index contributed by atoms with van der Waals surface area (Å²) in [6.07, 6.45) is -8.55. The third kappa shape index (κ3) is 2.23. The number of alkyl halides is 8. The molecular weight excluding hydrogens is 252 g/mol. The lowest BCUT2D eigenvalue weighted by atomic mass is 10.00. The minimum Gasteiger partial charge on any atom is -0.331 e. The first kappa shape index (κ1) is 15.4. The third-order valence-corrected chi connectivity index (χ3v) is 1.80. The molecule has 0 radical (unpaired) electrons. The van der Waals surface area contributed by atoms with Gasteiger partial charge in [0.05, 0.1) is 0 Å². The maximum absolute atomic E-state index is 12.6. The quantitative estimate of drug-likeness (QED) is 0.752. The van der Waals surface area contributed by atoms with Crippen molar-refractivity contribution < 1.29 is 40.2 Å². The van der Waals surface area contributed by atoms with Gasteiger partial charge in [-0.05, 0) is 0 Å². The lowest BCUT2D eigenvalue weighted by Gasteiger charge is -2.34. The van der Waals surface area contributed by atoms with Crippen LogP contribution < -0.4 is 0 Å². The Morgan fingerprint density at radius 1 is 0.812 bits per heavy atom. The van der Waals surface area contributed by atoms with Gasteiger partial charge in [-0.3, -0.25) is 0 Å². The Balaban J connectivity index is 5.34. The van der Waals surface area contributed by atoms with Crippen LogP contribution in [0.2, 0.25) is 0 Å². The van der Waals surface area contributed by atoms with Gasteiger partial charge < -0.3 is 5.11 Å². The zero-order chi connectivity index (χ0) is 13.4. The smallest absolute Gasteiger partial charge is 0.331 e. The fourth-order valence-corrected chi connectivity index (χ4v) is 0.890. The first-order valence-corrected chi connectivity index (χ1v) is 4.05. The highest BCUT2D eigenvalue weighted by Crippen LogP contribution is 2.52. The van der Waals surface area contributed by atoms with Gasteiger partial charge in [-0.1, -0.05) is 13.3 Å². The van der Waals surface area contributed by atoms with Crippen LogP contribution in [0.1, 0.15) is 19.8 Å². The SMILES string of the molecule is CCCC(F)(F)C(F)(F)C(F)(F)C(O)(F)F. The van der Waals surface area contributed by atoms with E-state index in [-0.39, 0.29) is 0 Å². The summed E-state index contributed by atoms with van der Waals surface area (Å²) in [7, 11) is 0. The van der Waals surface area contributed by atoms with Crippen molar-refractivity contribution in [2.45, 2.75) is 43.6 Å². The Labute approximate surface area is 85.0 Å². The van der Waals surface area contributed by atoms with Crippen molar-refractivity contribution in [1.82, 2.24) is 0 Å². The zero-order valence-corrected chi connectivity index (χ0v) is 7.89. The Kier molecular flexibility index (Phi) is 3.86. The molecule has 1 N–H and O–H groups in total. The molecule has 0 saturated heterocycles. The van der Waals surface area contributed by atoms with Crippen molar-refractivity contribution in [3.05, 3.63) is 0 Å². The van der Waals surface area contributed by atoms with Gasteiger partial charge in [-0.25, -0.2) is 0 Å². The summed E-state index contributed by atoms with van der Waals surface area (Å²) in [4.78, 5) is 0. The van der Waals surface area contributed by atoms with Gasteiger partial charge in [-0.15, -0.1) is 0 Å². The molecule has 0 rings (SSSR count). The molecular formula is C7H8F8O. The van der Waals surface area contributed by atoms with E-state index in [4.69, 9.17) is 5.11 Å². The third-order valence-electron chi connectivity index (χ3n) is 1.80. The Morgan fingerprint density at radius 3 is 1.44 bits per heavy atom. The summed E-state index contributed by atoms with van der Waals surface area (Å²) in [5.41, 5.74) is 0. The average molecular weight is 260 g/mol. The van der Waals surface area contributed by atoms with Crippen molar-refractivity contribution in [2.75, 3.05) is 0 Å². The van der Waals surface area contributed by atoms with E-state index in [1.165, 1.54) is 0 Å². The molecule has 0 amide bonds. The van der Waals surface area contributed by atoms with E-state index in [0.29, 0.717) is 0 Å². The van der Waals surface area contributed by atoms with E-state index in [1.54, 1.807) is 0 Å². The van der Waals surface area contributed by atoms with Gasteiger partial charge in [-0.2, -0.15) is 35.1 Å². The number of rotatable bonds is 5. The van der Waals surface area contributed by atoms with Crippen LogP contribution in [0.15, 0.2) is 0 Å². The molecule has 1 nitrogen and oxygen atoms in total. The van der Waals surface area contributed by atoms with Gasteiger partial charge in [0.15, 0.2) is 0 Å². The number of aliphatic hydroxyl groups is 1. The van der Waals surface area contributed by atoms with Crippen LogP contribution >= 0.6 is 0 Å². The van der Waals surface area contributed by atoms with Crippen LogP contribution in [0.4, 0.5) is 35.1 Å². The van der Waals surface area contributed by atoms with E-state index in [9.17, 15) is 35.1 Å². The highest BCUT2D eigenvalue weighted by atomic mass is 19.4. The maximum atomic E-state index is 12.6. The topological polar surface area (TPSA) is 20.2 Å². The number of hydrogen-bond acceptors (Lipinski definition) is 1. The second kappa shape index (κ2) is 4.01. The lowest BCUT2D eigenvalue weighted by Crippen LogP contribution is -2.62. The van der Waals surface area contributed by atoms with Crippen LogP contribution in [0.5, 0.6) is 0 Å². The van der Waals surface area contributed by atoms with E-state index >= 15 is 0 Å². The highest BCUT2D eigenvalue weighted by Gasteiger charge is 2.80. The van der Waals surface area contributed by atoms with E-state index in [1.807, 2.05) is 0 Å². The number of halogens is 8. The summed E-state index contributed by atoms with van der Waals surface area (Å²) in [5.74, 6) is -18.2. The van der Waals surface area contributed by atoms with Crippen LogP contribution in [0.3, 0.4) is 0 Å². The molecule has 98 valence electrons. The predicted octanol–water partition coefficient (Wildman–Crippen LogP) is 3.28. The molecule has 0 spiro atoms. The second-order valence-corrected chi connectivity index (χ2v) is 3.14. The highest BCUT2D eigenvalue weighted by molar-refractivity contribution is 4.99. The van der Waals surface area contributed by atoms with Crippen molar-refractivity contribution in [3.8, 4) is 0 Å². The normalized spacial score (nSPS) is 15.4. The molecule has 0 unspecified atom stereocenters. The van der Waals surface area contributed by atoms with Crippen LogP contribution in [-0.2, 0) is 0 Å². The Bertz CT molecular complexity index is 243.